The molecule has 0 saturated carbocycles. The van der Waals surface area contributed by atoms with E-state index in [2.05, 4.69) is 10.0 Å². The summed E-state index contributed by atoms with van der Waals surface area (Å²) in [4.78, 5) is 0. The van der Waals surface area contributed by atoms with Gasteiger partial charge in [-0.3, -0.25) is 4.72 Å². The van der Waals surface area contributed by atoms with Gasteiger partial charge in [0.05, 0.1) is 17.5 Å². The SMILES string of the molecule is O=S(=O)(Nc1ccc(F)c(F)c1Nc1ccc(I)cc1F)N1CCC(O)CC1. The molecule has 0 atom stereocenters. The Balaban J connectivity index is 1.92. The number of nitrogens with zero attached hydrogens (tertiary/aromatic N) is 1. The Morgan fingerprint density at radius 3 is 2.32 bits per heavy atom. The van der Waals surface area contributed by atoms with Crippen molar-refractivity contribution in [1.82, 2.24) is 4.31 Å². The van der Waals surface area contributed by atoms with Crippen molar-refractivity contribution < 1.29 is 26.7 Å². The molecule has 3 rings (SSSR count). The molecule has 1 aliphatic rings. The maximum Gasteiger partial charge on any atom is 0.301 e. The first kappa shape index (κ1) is 21.1. The topological polar surface area (TPSA) is 81.7 Å². The largest absolute Gasteiger partial charge is 0.393 e. The highest BCUT2D eigenvalue weighted by molar-refractivity contribution is 14.1. The molecular weight excluding hydrogens is 510 g/mol. The summed E-state index contributed by atoms with van der Waals surface area (Å²) in [6, 6.07) is 5.94. The third kappa shape index (κ3) is 4.70. The first-order valence-electron chi connectivity index (χ1n) is 8.33. The average Bonchev–Trinajstić information content (AvgIpc) is 2.63. The van der Waals surface area contributed by atoms with Crippen LogP contribution in [0.15, 0.2) is 30.3 Å². The minimum atomic E-state index is -4.07. The van der Waals surface area contributed by atoms with E-state index in [1.54, 1.807) is 6.07 Å². The lowest BCUT2D eigenvalue weighted by molar-refractivity contribution is 0.113. The Bertz CT molecular complexity index is 983. The summed E-state index contributed by atoms with van der Waals surface area (Å²) in [6.45, 7) is 0.184. The maximum absolute atomic E-state index is 14.4. The zero-order chi connectivity index (χ0) is 20.5. The van der Waals surface area contributed by atoms with Crippen LogP contribution in [0.2, 0.25) is 0 Å². The van der Waals surface area contributed by atoms with Crippen LogP contribution in [0.4, 0.5) is 30.2 Å². The molecule has 1 aliphatic heterocycles. The number of piperidine rings is 1. The lowest BCUT2D eigenvalue weighted by Crippen LogP contribution is -2.42. The van der Waals surface area contributed by atoms with Gasteiger partial charge in [0.2, 0.25) is 0 Å². The predicted molar refractivity (Wildman–Crippen MR) is 108 cm³/mol. The second-order valence-electron chi connectivity index (χ2n) is 6.27. The van der Waals surface area contributed by atoms with Crippen LogP contribution in [0.1, 0.15) is 12.8 Å². The number of hydrogen-bond acceptors (Lipinski definition) is 4. The third-order valence-corrected chi connectivity index (χ3v) is 6.48. The van der Waals surface area contributed by atoms with Gasteiger partial charge in [0.1, 0.15) is 11.5 Å². The Morgan fingerprint density at radius 1 is 1.04 bits per heavy atom. The van der Waals surface area contributed by atoms with Crippen LogP contribution in [-0.2, 0) is 10.2 Å². The van der Waals surface area contributed by atoms with Crippen LogP contribution in [0.5, 0.6) is 0 Å². The summed E-state index contributed by atoms with van der Waals surface area (Å²) in [6.07, 6.45) is -0.0224. The molecule has 6 nitrogen and oxygen atoms in total. The monoisotopic (exact) mass is 527 g/mol. The molecule has 11 heteroatoms. The van der Waals surface area contributed by atoms with Crippen LogP contribution in [0.3, 0.4) is 0 Å². The van der Waals surface area contributed by atoms with Crippen molar-refractivity contribution in [3.63, 3.8) is 0 Å². The minimum absolute atomic E-state index is 0.0920. The van der Waals surface area contributed by atoms with Gasteiger partial charge in [-0.25, -0.2) is 13.2 Å². The average molecular weight is 527 g/mol. The number of anilines is 3. The molecule has 0 aromatic heterocycles. The van der Waals surface area contributed by atoms with E-state index in [4.69, 9.17) is 0 Å². The Morgan fingerprint density at radius 2 is 1.68 bits per heavy atom. The maximum atomic E-state index is 14.4. The fourth-order valence-corrected chi connectivity index (χ4v) is 4.49. The number of aliphatic hydroxyl groups is 1. The second kappa shape index (κ2) is 8.43. The third-order valence-electron chi connectivity index (χ3n) is 4.29. The van der Waals surface area contributed by atoms with Crippen LogP contribution < -0.4 is 10.0 Å². The number of benzene rings is 2. The van der Waals surface area contributed by atoms with Gasteiger partial charge in [0, 0.05) is 16.7 Å². The van der Waals surface area contributed by atoms with Crippen molar-refractivity contribution in [1.29, 1.82) is 0 Å². The van der Waals surface area contributed by atoms with Gasteiger partial charge >= 0.3 is 10.2 Å². The van der Waals surface area contributed by atoms with Crippen molar-refractivity contribution in [2.75, 3.05) is 23.1 Å². The minimum Gasteiger partial charge on any atom is -0.393 e. The Kier molecular flexibility index (Phi) is 6.37. The number of nitrogens with one attached hydrogen (secondary N) is 2. The highest BCUT2D eigenvalue weighted by Crippen LogP contribution is 2.33. The summed E-state index contributed by atoms with van der Waals surface area (Å²) in [5.41, 5.74) is -0.921. The predicted octanol–water partition coefficient (Wildman–Crippen LogP) is 3.57. The van der Waals surface area contributed by atoms with E-state index < -0.39 is 39.5 Å². The van der Waals surface area contributed by atoms with Gasteiger partial charge in [-0.2, -0.15) is 12.7 Å². The van der Waals surface area contributed by atoms with E-state index in [-0.39, 0.29) is 37.3 Å². The Labute approximate surface area is 174 Å². The molecule has 2 aromatic rings. The molecule has 1 fully saturated rings. The molecule has 3 N–H and O–H groups in total. The molecule has 0 radical (unpaired) electrons. The first-order valence-corrected chi connectivity index (χ1v) is 10.9. The van der Waals surface area contributed by atoms with Gasteiger partial charge in [0.25, 0.3) is 0 Å². The normalized spacial score (nSPS) is 16.2. The number of halogens is 4. The molecule has 1 heterocycles. The van der Waals surface area contributed by atoms with Crippen molar-refractivity contribution in [3.05, 3.63) is 51.4 Å². The highest BCUT2D eigenvalue weighted by Gasteiger charge is 2.28. The molecule has 0 bridgehead atoms. The van der Waals surface area contributed by atoms with E-state index in [9.17, 15) is 26.7 Å². The number of rotatable bonds is 5. The zero-order valence-electron chi connectivity index (χ0n) is 14.4. The molecule has 0 amide bonds. The van der Waals surface area contributed by atoms with Gasteiger partial charge in [-0.05, 0) is 65.8 Å². The molecule has 0 unspecified atom stereocenters. The van der Waals surface area contributed by atoms with E-state index in [0.29, 0.717) is 3.57 Å². The summed E-state index contributed by atoms with van der Waals surface area (Å²) < 4.78 is 71.3. The van der Waals surface area contributed by atoms with Crippen LogP contribution in [-0.4, -0.2) is 37.0 Å². The number of aliphatic hydroxyl groups excluding tert-OH is 1. The lowest BCUT2D eigenvalue weighted by atomic mass is 10.1. The zero-order valence-corrected chi connectivity index (χ0v) is 17.4. The quantitative estimate of drug-likeness (QED) is 0.520. The van der Waals surface area contributed by atoms with Gasteiger partial charge in [0.15, 0.2) is 11.6 Å². The molecular formula is C17H17F3IN3O3S. The van der Waals surface area contributed by atoms with Gasteiger partial charge < -0.3 is 10.4 Å². The van der Waals surface area contributed by atoms with Crippen LogP contribution in [0.25, 0.3) is 0 Å². The van der Waals surface area contributed by atoms with E-state index in [0.717, 1.165) is 16.4 Å². The van der Waals surface area contributed by atoms with Crippen molar-refractivity contribution >= 4 is 49.9 Å². The van der Waals surface area contributed by atoms with E-state index in [1.165, 1.54) is 12.1 Å². The molecule has 152 valence electrons. The summed E-state index contributed by atoms with van der Waals surface area (Å²) in [5, 5.41) is 12.0. The summed E-state index contributed by atoms with van der Waals surface area (Å²) >= 11 is 1.90. The fraction of sp³-hybridized carbons (Fsp3) is 0.294. The lowest BCUT2D eigenvalue weighted by Gasteiger charge is -2.29. The Hall–Kier alpha value is -1.57. The molecule has 2 aromatic carbocycles. The molecule has 28 heavy (non-hydrogen) atoms. The second-order valence-corrected chi connectivity index (χ2v) is 9.19. The first-order chi connectivity index (χ1) is 13.2. The van der Waals surface area contributed by atoms with E-state index in [1.807, 2.05) is 22.6 Å². The van der Waals surface area contributed by atoms with Crippen molar-refractivity contribution in [2.45, 2.75) is 18.9 Å². The highest BCUT2D eigenvalue weighted by atomic mass is 127. The molecule has 0 aliphatic carbocycles. The molecule has 0 spiro atoms. The number of hydrogen-bond donors (Lipinski definition) is 3. The van der Waals surface area contributed by atoms with Crippen molar-refractivity contribution in [3.8, 4) is 0 Å². The van der Waals surface area contributed by atoms with Gasteiger partial charge in [-0.15, -0.1) is 0 Å². The van der Waals surface area contributed by atoms with Crippen LogP contribution in [0, 0.1) is 21.0 Å². The summed E-state index contributed by atoms with van der Waals surface area (Å²) in [7, 11) is -4.07. The standard InChI is InChI=1S/C17H17F3IN3O3S/c18-12-2-4-15(23-28(26,27)24-7-5-11(25)6-8-24)17(16(12)20)22-14-3-1-10(21)9-13(14)19/h1-4,9,11,22-23,25H,5-8H2. The molecule has 1 saturated heterocycles. The smallest absolute Gasteiger partial charge is 0.301 e. The fourth-order valence-electron chi connectivity index (χ4n) is 2.77. The summed E-state index contributed by atoms with van der Waals surface area (Å²) in [5.74, 6) is -3.25. The van der Waals surface area contributed by atoms with E-state index >= 15 is 0 Å². The van der Waals surface area contributed by atoms with Gasteiger partial charge in [-0.1, -0.05) is 0 Å². The van der Waals surface area contributed by atoms with Crippen LogP contribution >= 0.6 is 22.6 Å². The van der Waals surface area contributed by atoms with Crippen molar-refractivity contribution in [2.24, 2.45) is 0 Å².